The number of methoxy groups -OCH3 is 1. The van der Waals surface area contributed by atoms with Gasteiger partial charge in [-0.1, -0.05) is 38.5 Å². The van der Waals surface area contributed by atoms with Gasteiger partial charge in [0.05, 0.1) is 17.6 Å². The molecule has 6 nitrogen and oxygen atoms in total. The van der Waals surface area contributed by atoms with Crippen molar-refractivity contribution in [3.63, 3.8) is 0 Å². The molecular weight excluding hydrogens is 388 g/mol. The van der Waals surface area contributed by atoms with Crippen LogP contribution in [0.3, 0.4) is 0 Å². The predicted molar refractivity (Wildman–Crippen MR) is 114 cm³/mol. The van der Waals surface area contributed by atoms with Crippen LogP contribution in [0.25, 0.3) is 0 Å². The van der Waals surface area contributed by atoms with Gasteiger partial charge in [-0.2, -0.15) is 4.31 Å². The largest absolute Gasteiger partial charge is 0.496 e. The number of ether oxygens (including phenoxy) is 1. The highest BCUT2D eigenvalue weighted by molar-refractivity contribution is 7.89. The third-order valence-electron chi connectivity index (χ3n) is 6.30. The summed E-state index contributed by atoms with van der Waals surface area (Å²) in [6, 6.07) is 4.87. The van der Waals surface area contributed by atoms with Gasteiger partial charge in [-0.15, -0.1) is 0 Å². The van der Waals surface area contributed by atoms with Gasteiger partial charge in [-0.25, -0.2) is 8.42 Å². The van der Waals surface area contributed by atoms with Gasteiger partial charge in [0, 0.05) is 26.2 Å². The lowest BCUT2D eigenvalue weighted by Gasteiger charge is -2.28. The van der Waals surface area contributed by atoms with Gasteiger partial charge < -0.3 is 9.64 Å². The Kier molecular flexibility index (Phi) is 7.57. The molecule has 3 rings (SSSR count). The van der Waals surface area contributed by atoms with E-state index in [0.29, 0.717) is 24.4 Å². The SMILES string of the molecule is COc1ccc(S(=O)(=O)N2CCCCCC2)cc1C(=O)N(C)C1CCCCCC1. The Morgan fingerprint density at radius 1 is 1.00 bits per heavy atom. The minimum Gasteiger partial charge on any atom is -0.496 e. The number of amides is 1. The fourth-order valence-corrected chi connectivity index (χ4v) is 5.99. The van der Waals surface area contributed by atoms with Crippen molar-refractivity contribution in [2.24, 2.45) is 0 Å². The summed E-state index contributed by atoms with van der Waals surface area (Å²) in [5, 5.41) is 0. The Balaban J connectivity index is 1.89. The third kappa shape index (κ3) is 5.12. The Labute approximate surface area is 175 Å². The van der Waals surface area contributed by atoms with Crippen LogP contribution in [0, 0.1) is 0 Å². The van der Waals surface area contributed by atoms with E-state index >= 15 is 0 Å². The summed E-state index contributed by atoms with van der Waals surface area (Å²) in [6.07, 6.45) is 10.6. The zero-order valence-electron chi connectivity index (χ0n) is 17.7. The van der Waals surface area contributed by atoms with Gasteiger partial charge in [0.1, 0.15) is 5.75 Å². The van der Waals surface area contributed by atoms with Gasteiger partial charge in [-0.05, 0) is 43.9 Å². The highest BCUT2D eigenvalue weighted by atomic mass is 32.2. The average Bonchev–Trinajstić information content (AvgIpc) is 3.18. The molecular formula is C22H34N2O4S. The molecule has 1 saturated heterocycles. The van der Waals surface area contributed by atoms with Crippen LogP contribution in [0.5, 0.6) is 5.75 Å². The van der Waals surface area contributed by atoms with Gasteiger partial charge in [0.2, 0.25) is 10.0 Å². The molecule has 1 aliphatic carbocycles. The van der Waals surface area contributed by atoms with Crippen LogP contribution in [-0.4, -0.2) is 56.8 Å². The van der Waals surface area contributed by atoms with Crippen molar-refractivity contribution in [2.75, 3.05) is 27.2 Å². The first kappa shape index (κ1) is 22.1. The summed E-state index contributed by atoms with van der Waals surface area (Å²) in [5.41, 5.74) is 0.329. The molecule has 0 radical (unpaired) electrons. The lowest BCUT2D eigenvalue weighted by atomic mass is 10.1. The van der Waals surface area contributed by atoms with E-state index in [1.54, 1.807) is 21.3 Å². The Bertz CT molecular complexity index is 793. The Morgan fingerprint density at radius 2 is 1.59 bits per heavy atom. The lowest BCUT2D eigenvalue weighted by Crippen LogP contribution is -2.37. The molecule has 1 aromatic rings. The number of benzene rings is 1. The number of rotatable bonds is 5. The molecule has 162 valence electrons. The molecule has 1 heterocycles. The number of carbonyl (C=O) groups is 1. The molecule has 0 atom stereocenters. The van der Waals surface area contributed by atoms with Crippen molar-refractivity contribution in [1.82, 2.24) is 9.21 Å². The summed E-state index contributed by atoms with van der Waals surface area (Å²) in [7, 11) is -0.274. The molecule has 7 heteroatoms. The fraction of sp³-hybridized carbons (Fsp3) is 0.682. The maximum atomic E-state index is 13.3. The van der Waals surface area contributed by atoms with Crippen molar-refractivity contribution in [3.8, 4) is 5.75 Å². The molecule has 0 bridgehead atoms. The molecule has 1 aliphatic heterocycles. The summed E-state index contributed by atoms with van der Waals surface area (Å²) in [4.78, 5) is 15.2. The molecule has 29 heavy (non-hydrogen) atoms. The van der Waals surface area contributed by atoms with Crippen molar-refractivity contribution in [1.29, 1.82) is 0 Å². The standard InChI is InChI=1S/C22H34N2O4S/c1-23(18-11-7-3-4-8-12-18)22(25)20-17-19(13-14-21(20)28-2)29(26,27)24-15-9-5-6-10-16-24/h13-14,17-18H,3-12,15-16H2,1-2H3. The van der Waals surface area contributed by atoms with Crippen LogP contribution in [0.2, 0.25) is 0 Å². The smallest absolute Gasteiger partial charge is 0.257 e. The van der Waals surface area contributed by atoms with Crippen LogP contribution < -0.4 is 4.74 Å². The van der Waals surface area contributed by atoms with Gasteiger partial charge in [0.15, 0.2) is 0 Å². The first-order valence-corrected chi connectivity index (χ1v) is 12.3. The number of carbonyl (C=O) groups excluding carboxylic acids is 1. The lowest BCUT2D eigenvalue weighted by molar-refractivity contribution is 0.0714. The second kappa shape index (κ2) is 9.94. The summed E-state index contributed by atoms with van der Waals surface area (Å²) in [5.74, 6) is 0.256. The van der Waals surface area contributed by atoms with Crippen LogP contribution in [0.4, 0.5) is 0 Å². The van der Waals surface area contributed by atoms with Crippen LogP contribution in [0.15, 0.2) is 23.1 Å². The van der Waals surface area contributed by atoms with Gasteiger partial charge in [-0.3, -0.25) is 4.79 Å². The van der Waals surface area contributed by atoms with E-state index in [2.05, 4.69) is 0 Å². The normalized spacial score (nSPS) is 19.9. The third-order valence-corrected chi connectivity index (χ3v) is 8.19. The number of nitrogens with zero attached hydrogens (tertiary/aromatic N) is 2. The highest BCUT2D eigenvalue weighted by Gasteiger charge is 2.29. The van der Waals surface area contributed by atoms with Gasteiger partial charge in [0.25, 0.3) is 5.91 Å². The maximum Gasteiger partial charge on any atom is 0.257 e. The quantitative estimate of drug-likeness (QED) is 0.671. The van der Waals surface area contributed by atoms with E-state index < -0.39 is 10.0 Å². The molecule has 1 saturated carbocycles. The van der Waals surface area contributed by atoms with E-state index in [-0.39, 0.29) is 16.8 Å². The van der Waals surface area contributed by atoms with E-state index in [4.69, 9.17) is 4.74 Å². The minimum absolute atomic E-state index is 0.165. The van der Waals surface area contributed by atoms with E-state index in [9.17, 15) is 13.2 Å². The minimum atomic E-state index is -3.62. The Morgan fingerprint density at radius 3 is 2.17 bits per heavy atom. The number of hydrogen-bond donors (Lipinski definition) is 0. The van der Waals surface area contributed by atoms with E-state index in [1.165, 1.54) is 26.0 Å². The van der Waals surface area contributed by atoms with Gasteiger partial charge >= 0.3 is 0 Å². The summed E-state index contributed by atoms with van der Waals surface area (Å²) >= 11 is 0. The van der Waals surface area contributed by atoms with Crippen molar-refractivity contribution in [2.45, 2.75) is 75.1 Å². The maximum absolute atomic E-state index is 13.3. The fourth-order valence-electron chi connectivity index (χ4n) is 4.45. The van der Waals surface area contributed by atoms with E-state index in [1.807, 2.05) is 7.05 Å². The second-order valence-electron chi connectivity index (χ2n) is 8.24. The van der Waals surface area contributed by atoms with Crippen molar-refractivity contribution >= 4 is 15.9 Å². The molecule has 2 fully saturated rings. The first-order chi connectivity index (χ1) is 13.9. The molecule has 0 N–H and O–H groups in total. The second-order valence-corrected chi connectivity index (χ2v) is 10.2. The summed E-state index contributed by atoms with van der Waals surface area (Å²) in [6.45, 7) is 1.08. The Hall–Kier alpha value is -1.60. The van der Waals surface area contributed by atoms with Crippen LogP contribution >= 0.6 is 0 Å². The molecule has 0 unspecified atom stereocenters. The summed E-state index contributed by atoms with van der Waals surface area (Å²) < 4.78 is 33.3. The van der Waals surface area contributed by atoms with Crippen molar-refractivity contribution in [3.05, 3.63) is 23.8 Å². The zero-order valence-corrected chi connectivity index (χ0v) is 18.5. The topological polar surface area (TPSA) is 66.9 Å². The van der Waals surface area contributed by atoms with Crippen LogP contribution in [-0.2, 0) is 10.0 Å². The molecule has 0 aromatic heterocycles. The zero-order chi connectivity index (χ0) is 20.9. The number of sulfonamides is 1. The molecule has 2 aliphatic rings. The van der Waals surface area contributed by atoms with Crippen LogP contribution in [0.1, 0.15) is 74.6 Å². The first-order valence-electron chi connectivity index (χ1n) is 10.9. The predicted octanol–water partition coefficient (Wildman–Crippen LogP) is 4.05. The molecule has 1 aromatic carbocycles. The monoisotopic (exact) mass is 422 g/mol. The number of hydrogen-bond acceptors (Lipinski definition) is 4. The molecule has 0 spiro atoms. The van der Waals surface area contributed by atoms with Crippen molar-refractivity contribution < 1.29 is 17.9 Å². The van der Waals surface area contributed by atoms with E-state index in [0.717, 1.165) is 51.4 Å². The highest BCUT2D eigenvalue weighted by Crippen LogP contribution is 2.29. The average molecular weight is 423 g/mol. The molecule has 1 amide bonds.